The molecule has 2 unspecified atom stereocenters. The number of ether oxygens (including phenoxy) is 3. The predicted molar refractivity (Wildman–Crippen MR) is 103 cm³/mol. The van der Waals surface area contributed by atoms with Crippen LogP contribution in [0.5, 0.6) is 5.75 Å². The Bertz CT molecular complexity index is 570. The van der Waals surface area contributed by atoms with Crippen LogP contribution in [0, 0.1) is 6.92 Å². The lowest BCUT2D eigenvalue weighted by atomic mass is 10.1. The van der Waals surface area contributed by atoms with Crippen LogP contribution in [0.1, 0.15) is 25.3 Å². The first-order valence-electron chi connectivity index (χ1n) is 9.72. The molecule has 26 heavy (non-hydrogen) atoms. The highest BCUT2D eigenvalue weighted by Gasteiger charge is 2.32. The zero-order valence-corrected chi connectivity index (χ0v) is 15.9. The van der Waals surface area contributed by atoms with Crippen molar-refractivity contribution >= 4 is 5.96 Å². The lowest BCUT2D eigenvalue weighted by Gasteiger charge is -2.37. The van der Waals surface area contributed by atoms with Crippen LogP contribution < -0.4 is 10.1 Å². The van der Waals surface area contributed by atoms with Crippen molar-refractivity contribution < 1.29 is 14.2 Å². The minimum Gasteiger partial charge on any atom is -0.492 e. The van der Waals surface area contributed by atoms with Crippen molar-refractivity contribution in [2.75, 3.05) is 46.0 Å². The number of benzene rings is 1. The number of rotatable bonds is 6. The summed E-state index contributed by atoms with van der Waals surface area (Å²) in [6.07, 6.45) is 2.59. The van der Waals surface area contributed by atoms with Crippen molar-refractivity contribution in [1.82, 2.24) is 10.2 Å². The highest BCUT2D eigenvalue weighted by molar-refractivity contribution is 5.80. The largest absolute Gasteiger partial charge is 0.492 e. The van der Waals surface area contributed by atoms with Gasteiger partial charge >= 0.3 is 0 Å². The van der Waals surface area contributed by atoms with Gasteiger partial charge in [0.05, 0.1) is 19.3 Å². The molecule has 3 rings (SSSR count). The maximum Gasteiger partial charge on any atom is 0.194 e. The molecule has 2 aliphatic rings. The SMILES string of the molecule is CCNC(=NCCOc1ccc(C)cc1)N1CCOC(C2CCCO2)C1. The van der Waals surface area contributed by atoms with E-state index in [2.05, 4.69) is 36.2 Å². The fourth-order valence-electron chi connectivity index (χ4n) is 3.36. The molecule has 2 fully saturated rings. The Morgan fingerprint density at radius 1 is 1.23 bits per heavy atom. The molecule has 0 spiro atoms. The highest BCUT2D eigenvalue weighted by atomic mass is 16.5. The van der Waals surface area contributed by atoms with Crippen LogP contribution in [0.3, 0.4) is 0 Å². The first-order chi connectivity index (χ1) is 12.8. The lowest BCUT2D eigenvalue weighted by Crippen LogP contribution is -2.53. The maximum absolute atomic E-state index is 5.94. The zero-order chi connectivity index (χ0) is 18.2. The summed E-state index contributed by atoms with van der Waals surface area (Å²) < 4.78 is 17.5. The predicted octanol–water partition coefficient (Wildman–Crippen LogP) is 2.22. The number of aliphatic imine (C=N–C) groups is 1. The zero-order valence-electron chi connectivity index (χ0n) is 15.9. The van der Waals surface area contributed by atoms with Crippen molar-refractivity contribution in [3.63, 3.8) is 0 Å². The van der Waals surface area contributed by atoms with Gasteiger partial charge in [-0.2, -0.15) is 0 Å². The first kappa shape index (κ1) is 19.0. The van der Waals surface area contributed by atoms with Crippen LogP contribution in [-0.4, -0.2) is 69.1 Å². The van der Waals surface area contributed by atoms with Crippen molar-refractivity contribution in [1.29, 1.82) is 0 Å². The minimum absolute atomic E-state index is 0.138. The second-order valence-electron chi connectivity index (χ2n) is 6.80. The van der Waals surface area contributed by atoms with Crippen LogP contribution in [0.2, 0.25) is 0 Å². The van der Waals surface area contributed by atoms with E-state index in [9.17, 15) is 0 Å². The van der Waals surface area contributed by atoms with E-state index in [4.69, 9.17) is 19.2 Å². The molecule has 144 valence electrons. The van der Waals surface area contributed by atoms with Gasteiger partial charge in [-0.15, -0.1) is 0 Å². The Balaban J connectivity index is 1.51. The van der Waals surface area contributed by atoms with Crippen LogP contribution in [-0.2, 0) is 9.47 Å². The Morgan fingerprint density at radius 2 is 2.04 bits per heavy atom. The van der Waals surface area contributed by atoms with Gasteiger partial charge in [0.25, 0.3) is 0 Å². The van der Waals surface area contributed by atoms with Crippen LogP contribution in [0.4, 0.5) is 0 Å². The van der Waals surface area contributed by atoms with Gasteiger partial charge in [-0.25, -0.2) is 4.99 Å². The first-order valence-corrected chi connectivity index (χ1v) is 9.72. The van der Waals surface area contributed by atoms with E-state index >= 15 is 0 Å². The molecule has 1 aromatic rings. The number of nitrogens with one attached hydrogen (secondary N) is 1. The molecule has 2 atom stereocenters. The molecule has 6 heteroatoms. The molecule has 0 saturated carbocycles. The molecule has 2 saturated heterocycles. The molecular formula is C20H31N3O3. The third-order valence-corrected chi connectivity index (χ3v) is 4.75. The quantitative estimate of drug-likeness (QED) is 0.478. The second kappa shape index (κ2) is 9.78. The fourth-order valence-corrected chi connectivity index (χ4v) is 3.36. The summed E-state index contributed by atoms with van der Waals surface area (Å²) in [7, 11) is 0. The van der Waals surface area contributed by atoms with Crippen LogP contribution >= 0.6 is 0 Å². The van der Waals surface area contributed by atoms with Crippen LogP contribution in [0.15, 0.2) is 29.3 Å². The summed E-state index contributed by atoms with van der Waals surface area (Å²) in [4.78, 5) is 7.02. The number of guanidine groups is 1. The third-order valence-electron chi connectivity index (χ3n) is 4.75. The molecule has 6 nitrogen and oxygen atoms in total. The Labute approximate surface area is 156 Å². The van der Waals surface area contributed by atoms with E-state index in [0.717, 1.165) is 57.4 Å². The molecule has 1 aromatic carbocycles. The molecule has 1 N–H and O–H groups in total. The number of aryl methyl sites for hydroxylation is 1. The molecule has 0 radical (unpaired) electrons. The Hall–Kier alpha value is -1.79. The highest BCUT2D eigenvalue weighted by Crippen LogP contribution is 2.21. The van der Waals surface area contributed by atoms with Gasteiger partial charge in [-0.05, 0) is 38.8 Å². The van der Waals surface area contributed by atoms with Gasteiger partial charge in [-0.1, -0.05) is 17.7 Å². The summed E-state index contributed by atoms with van der Waals surface area (Å²) in [5, 5.41) is 3.39. The Morgan fingerprint density at radius 3 is 2.77 bits per heavy atom. The molecule has 0 aromatic heterocycles. The average molecular weight is 361 g/mol. The lowest BCUT2D eigenvalue weighted by molar-refractivity contribution is -0.0817. The molecule has 0 aliphatic carbocycles. The standard InChI is InChI=1S/C20H31N3O3/c1-3-21-20(22-10-13-24-17-8-6-16(2)7-9-17)23-11-14-26-19(15-23)18-5-4-12-25-18/h6-9,18-19H,3-5,10-15H2,1-2H3,(H,21,22). The number of nitrogens with zero attached hydrogens (tertiary/aromatic N) is 2. The van der Waals surface area contributed by atoms with E-state index < -0.39 is 0 Å². The van der Waals surface area contributed by atoms with Gasteiger partial charge < -0.3 is 24.4 Å². The summed E-state index contributed by atoms with van der Waals surface area (Å²) >= 11 is 0. The second-order valence-corrected chi connectivity index (χ2v) is 6.80. The topological polar surface area (TPSA) is 55.3 Å². The number of morpholine rings is 1. The van der Waals surface area contributed by atoms with Gasteiger partial charge in [0.2, 0.25) is 0 Å². The maximum atomic E-state index is 5.94. The molecule has 2 heterocycles. The fraction of sp³-hybridized carbons (Fsp3) is 0.650. The third kappa shape index (κ3) is 5.35. The summed E-state index contributed by atoms with van der Waals surface area (Å²) in [5.41, 5.74) is 1.23. The van der Waals surface area contributed by atoms with Crippen molar-refractivity contribution in [2.45, 2.75) is 38.9 Å². The minimum atomic E-state index is 0.138. The van der Waals surface area contributed by atoms with E-state index in [1.165, 1.54) is 5.56 Å². The van der Waals surface area contributed by atoms with Gasteiger partial charge in [0.1, 0.15) is 18.5 Å². The van der Waals surface area contributed by atoms with Crippen molar-refractivity contribution in [2.24, 2.45) is 4.99 Å². The molecule has 2 aliphatic heterocycles. The smallest absolute Gasteiger partial charge is 0.194 e. The number of hydrogen-bond donors (Lipinski definition) is 1. The van der Waals surface area contributed by atoms with Crippen molar-refractivity contribution in [3.8, 4) is 5.75 Å². The summed E-state index contributed by atoms with van der Waals surface area (Å²) in [6, 6.07) is 8.11. The molecule has 0 amide bonds. The van der Waals surface area contributed by atoms with E-state index in [-0.39, 0.29) is 12.2 Å². The van der Waals surface area contributed by atoms with Gasteiger partial charge in [0, 0.05) is 26.2 Å². The van der Waals surface area contributed by atoms with E-state index in [1.54, 1.807) is 0 Å². The van der Waals surface area contributed by atoms with E-state index in [1.807, 2.05) is 12.1 Å². The molecular weight excluding hydrogens is 330 g/mol. The van der Waals surface area contributed by atoms with Crippen LogP contribution in [0.25, 0.3) is 0 Å². The van der Waals surface area contributed by atoms with E-state index in [0.29, 0.717) is 13.2 Å². The summed E-state index contributed by atoms with van der Waals surface area (Å²) in [6.45, 7) is 9.46. The van der Waals surface area contributed by atoms with Gasteiger partial charge in [-0.3, -0.25) is 0 Å². The number of hydrogen-bond acceptors (Lipinski definition) is 4. The normalized spacial score (nSPS) is 23.9. The molecule has 0 bridgehead atoms. The van der Waals surface area contributed by atoms with Crippen molar-refractivity contribution in [3.05, 3.63) is 29.8 Å². The Kier molecular flexibility index (Phi) is 7.14. The monoisotopic (exact) mass is 361 g/mol. The van der Waals surface area contributed by atoms with Gasteiger partial charge in [0.15, 0.2) is 5.96 Å². The summed E-state index contributed by atoms with van der Waals surface area (Å²) in [5.74, 6) is 1.83. The average Bonchev–Trinajstić information content (AvgIpc) is 3.21.